The Balaban J connectivity index is 1.35. The zero-order valence-electron chi connectivity index (χ0n) is 21.4. The fraction of sp³-hybridized carbons (Fsp3) is 0.323. The van der Waals surface area contributed by atoms with Gasteiger partial charge in [-0.3, -0.25) is 24.2 Å². The zero-order valence-corrected chi connectivity index (χ0v) is 21.4. The van der Waals surface area contributed by atoms with Gasteiger partial charge < -0.3 is 4.90 Å². The zero-order chi connectivity index (χ0) is 25.9. The molecule has 0 aromatic heterocycles. The first-order valence-corrected chi connectivity index (χ1v) is 13.1. The number of amides is 3. The Hall–Kier alpha value is -3.77. The lowest BCUT2D eigenvalue weighted by Gasteiger charge is -2.41. The minimum Gasteiger partial charge on any atom is -0.338 e. The number of rotatable bonds is 7. The monoisotopic (exact) mass is 495 g/mol. The summed E-state index contributed by atoms with van der Waals surface area (Å²) in [5.74, 6) is -0.725. The molecule has 2 aliphatic heterocycles. The Morgan fingerprint density at radius 2 is 1.16 bits per heavy atom. The lowest BCUT2D eigenvalue weighted by molar-refractivity contribution is -0.138. The Morgan fingerprint density at radius 1 is 0.703 bits per heavy atom. The summed E-state index contributed by atoms with van der Waals surface area (Å²) in [7, 11) is 0. The van der Waals surface area contributed by atoms with Crippen molar-refractivity contribution in [3.8, 4) is 0 Å². The van der Waals surface area contributed by atoms with E-state index in [0.717, 1.165) is 0 Å². The molecule has 37 heavy (non-hydrogen) atoms. The summed E-state index contributed by atoms with van der Waals surface area (Å²) in [5, 5.41) is 0. The Bertz CT molecular complexity index is 1190. The summed E-state index contributed by atoms with van der Waals surface area (Å²) >= 11 is 0. The van der Waals surface area contributed by atoms with Gasteiger partial charge >= 0.3 is 0 Å². The fourth-order valence-electron chi connectivity index (χ4n) is 5.55. The van der Waals surface area contributed by atoms with Crippen molar-refractivity contribution in [3.63, 3.8) is 0 Å². The number of nitrogens with zero attached hydrogens (tertiary/aromatic N) is 3. The van der Waals surface area contributed by atoms with Gasteiger partial charge in [0.1, 0.15) is 6.04 Å². The molecular formula is C31H33N3O3. The van der Waals surface area contributed by atoms with Crippen LogP contribution in [0.5, 0.6) is 0 Å². The number of hydrogen-bond donors (Lipinski definition) is 0. The highest BCUT2D eigenvalue weighted by Crippen LogP contribution is 2.31. The Kier molecular flexibility index (Phi) is 7.19. The lowest BCUT2D eigenvalue weighted by Crippen LogP contribution is -2.56. The number of imide groups is 1. The molecule has 6 heteroatoms. The van der Waals surface area contributed by atoms with E-state index in [0.29, 0.717) is 43.7 Å². The van der Waals surface area contributed by atoms with Crippen molar-refractivity contribution in [3.05, 3.63) is 107 Å². The van der Waals surface area contributed by atoms with E-state index in [1.54, 1.807) is 24.3 Å². The van der Waals surface area contributed by atoms with Gasteiger partial charge in [0.25, 0.3) is 11.8 Å². The van der Waals surface area contributed by atoms with Crippen molar-refractivity contribution in [2.45, 2.75) is 32.4 Å². The smallest absolute Gasteiger partial charge is 0.262 e. The molecule has 3 amide bonds. The summed E-state index contributed by atoms with van der Waals surface area (Å²) in [6.45, 7) is 6.54. The third-order valence-corrected chi connectivity index (χ3v) is 7.34. The summed E-state index contributed by atoms with van der Waals surface area (Å²) < 4.78 is 0. The molecule has 2 aliphatic rings. The van der Waals surface area contributed by atoms with Crippen molar-refractivity contribution in [2.24, 2.45) is 5.92 Å². The average Bonchev–Trinajstić information content (AvgIpc) is 3.18. The van der Waals surface area contributed by atoms with Crippen molar-refractivity contribution in [1.82, 2.24) is 14.7 Å². The van der Waals surface area contributed by atoms with Crippen LogP contribution in [-0.4, -0.2) is 64.6 Å². The molecule has 5 rings (SSSR count). The van der Waals surface area contributed by atoms with Crippen LogP contribution in [0.15, 0.2) is 84.9 Å². The van der Waals surface area contributed by atoms with E-state index in [9.17, 15) is 14.4 Å². The molecule has 1 fully saturated rings. The molecule has 1 unspecified atom stereocenters. The molecule has 0 N–H and O–H groups in total. The minimum atomic E-state index is -0.794. The van der Waals surface area contributed by atoms with E-state index in [1.165, 1.54) is 16.0 Å². The number of hydrogen-bond acceptors (Lipinski definition) is 4. The van der Waals surface area contributed by atoms with E-state index in [-0.39, 0.29) is 29.7 Å². The van der Waals surface area contributed by atoms with Crippen LogP contribution in [0.2, 0.25) is 0 Å². The predicted octanol–water partition coefficient (Wildman–Crippen LogP) is 4.63. The first-order valence-electron chi connectivity index (χ1n) is 13.1. The molecule has 190 valence electrons. The van der Waals surface area contributed by atoms with E-state index >= 15 is 0 Å². The van der Waals surface area contributed by atoms with Crippen molar-refractivity contribution < 1.29 is 14.4 Å². The molecule has 1 saturated heterocycles. The van der Waals surface area contributed by atoms with Gasteiger partial charge in [-0.05, 0) is 35.6 Å². The topological polar surface area (TPSA) is 60.9 Å². The molecule has 0 radical (unpaired) electrons. The second-order valence-electron chi connectivity index (χ2n) is 10.3. The normalized spacial score (nSPS) is 17.0. The first kappa shape index (κ1) is 24.9. The van der Waals surface area contributed by atoms with Crippen LogP contribution in [-0.2, 0) is 4.79 Å². The number of carbonyl (C=O) groups is 3. The highest BCUT2D eigenvalue weighted by atomic mass is 16.2. The molecule has 0 aliphatic carbocycles. The Morgan fingerprint density at radius 3 is 1.62 bits per heavy atom. The third kappa shape index (κ3) is 4.94. The average molecular weight is 496 g/mol. The maximum Gasteiger partial charge on any atom is 0.262 e. The van der Waals surface area contributed by atoms with Crippen LogP contribution in [0, 0.1) is 5.92 Å². The molecular weight excluding hydrogens is 462 g/mol. The summed E-state index contributed by atoms with van der Waals surface area (Å²) in [5.41, 5.74) is 3.20. The summed E-state index contributed by atoms with van der Waals surface area (Å²) in [6.07, 6.45) is 0.446. The highest BCUT2D eigenvalue weighted by molar-refractivity contribution is 6.22. The van der Waals surface area contributed by atoms with Crippen molar-refractivity contribution in [1.29, 1.82) is 0 Å². The summed E-state index contributed by atoms with van der Waals surface area (Å²) in [4.78, 5) is 45.7. The summed E-state index contributed by atoms with van der Waals surface area (Å²) in [6, 6.07) is 27.0. The van der Waals surface area contributed by atoms with E-state index in [1.807, 2.05) is 30.9 Å². The largest absolute Gasteiger partial charge is 0.338 e. The molecule has 3 aromatic rings. The molecule has 0 spiro atoms. The van der Waals surface area contributed by atoms with Crippen LogP contribution in [0.3, 0.4) is 0 Å². The van der Waals surface area contributed by atoms with Crippen LogP contribution in [0.1, 0.15) is 58.2 Å². The maximum absolute atomic E-state index is 13.8. The van der Waals surface area contributed by atoms with Crippen molar-refractivity contribution in [2.75, 3.05) is 26.2 Å². The maximum atomic E-state index is 13.8. The number of piperazine rings is 1. The molecule has 6 nitrogen and oxygen atoms in total. The van der Waals surface area contributed by atoms with Crippen LogP contribution >= 0.6 is 0 Å². The van der Waals surface area contributed by atoms with E-state index in [2.05, 4.69) is 53.4 Å². The van der Waals surface area contributed by atoms with Gasteiger partial charge in [0.05, 0.1) is 17.2 Å². The first-order chi connectivity index (χ1) is 18.0. The number of benzene rings is 3. The van der Waals surface area contributed by atoms with Gasteiger partial charge in [0.15, 0.2) is 0 Å². The minimum absolute atomic E-state index is 0.0994. The second-order valence-corrected chi connectivity index (χ2v) is 10.3. The van der Waals surface area contributed by atoms with Crippen LogP contribution in [0.4, 0.5) is 0 Å². The van der Waals surface area contributed by atoms with Crippen molar-refractivity contribution >= 4 is 17.7 Å². The molecule has 0 bridgehead atoms. The van der Waals surface area contributed by atoms with Gasteiger partial charge in [-0.15, -0.1) is 0 Å². The van der Waals surface area contributed by atoms with Gasteiger partial charge in [-0.2, -0.15) is 0 Å². The van der Waals surface area contributed by atoms with Gasteiger partial charge in [0.2, 0.25) is 5.91 Å². The van der Waals surface area contributed by atoms with E-state index in [4.69, 9.17) is 0 Å². The van der Waals surface area contributed by atoms with E-state index < -0.39 is 6.04 Å². The standard InChI is InChI=1S/C31H33N3O3/c1-22(2)21-27(34-29(35)25-15-9-10-16-26(25)30(34)36)31(37)33-19-17-32(18-20-33)28(23-11-5-3-6-12-23)24-13-7-4-8-14-24/h3-16,22,27-28H,17-21H2,1-2H3. The molecule has 2 heterocycles. The Labute approximate surface area is 218 Å². The molecule has 3 aromatic carbocycles. The molecule has 1 atom stereocenters. The highest BCUT2D eigenvalue weighted by Gasteiger charge is 2.44. The SMILES string of the molecule is CC(C)CC(C(=O)N1CCN(C(c2ccccc2)c2ccccc2)CC1)N1C(=O)c2ccccc2C1=O. The number of fused-ring (bicyclic) bond motifs is 1. The van der Waals surface area contributed by atoms with Gasteiger partial charge in [-0.1, -0.05) is 86.6 Å². The second kappa shape index (κ2) is 10.7. The fourth-order valence-corrected chi connectivity index (χ4v) is 5.55. The third-order valence-electron chi connectivity index (χ3n) is 7.34. The quantitative estimate of drug-likeness (QED) is 0.449. The van der Waals surface area contributed by atoms with Gasteiger partial charge in [-0.25, -0.2) is 0 Å². The van der Waals surface area contributed by atoms with Gasteiger partial charge in [0, 0.05) is 26.2 Å². The number of carbonyl (C=O) groups excluding carboxylic acids is 3. The predicted molar refractivity (Wildman–Crippen MR) is 143 cm³/mol. The van der Waals surface area contributed by atoms with Crippen LogP contribution < -0.4 is 0 Å². The lowest BCUT2D eigenvalue weighted by atomic mass is 9.96. The van der Waals surface area contributed by atoms with Crippen LogP contribution in [0.25, 0.3) is 0 Å². The molecule has 0 saturated carbocycles.